The molecule has 6 heteroatoms. The molecule has 0 fully saturated rings. The Morgan fingerprint density at radius 2 is 1.79 bits per heavy atom. The molecule has 0 radical (unpaired) electrons. The molecule has 0 aliphatic carbocycles. The molecule has 122 valence electrons. The summed E-state index contributed by atoms with van der Waals surface area (Å²) in [6, 6.07) is 12.7. The first-order valence-corrected chi connectivity index (χ1v) is 7.20. The number of carbonyl (C=O) groups excluding carboxylic acids is 1. The molecule has 0 saturated carbocycles. The molecule has 3 rings (SSSR count). The molecule has 5 nitrogen and oxygen atoms in total. The molecule has 1 aromatic heterocycles. The molecule has 0 aliphatic heterocycles. The molecule has 3 aromatic rings. The third kappa shape index (κ3) is 2.62. The summed E-state index contributed by atoms with van der Waals surface area (Å²) in [7, 11) is 1.21. The van der Waals surface area contributed by atoms with E-state index in [9.17, 15) is 19.1 Å². The van der Waals surface area contributed by atoms with Crippen LogP contribution in [0, 0.1) is 5.82 Å². The summed E-state index contributed by atoms with van der Waals surface area (Å²) >= 11 is 0. The molecule has 0 unspecified atom stereocenters. The normalized spacial score (nSPS) is 10.8. The summed E-state index contributed by atoms with van der Waals surface area (Å²) in [4.78, 5) is 23.9. The number of hydrogen-bond acceptors (Lipinski definition) is 3. The molecule has 0 aliphatic rings. The predicted octanol–water partition coefficient (Wildman–Crippen LogP) is 3.31. The second kappa shape index (κ2) is 6.16. The Morgan fingerprint density at radius 1 is 1.12 bits per heavy atom. The first-order valence-electron chi connectivity index (χ1n) is 7.20. The number of para-hydroxylation sites is 1. The van der Waals surface area contributed by atoms with Crippen LogP contribution in [-0.4, -0.2) is 28.7 Å². The number of carboxylic acid groups (broad SMARTS) is 1. The molecule has 2 aromatic carbocycles. The molecule has 1 heterocycles. The van der Waals surface area contributed by atoms with Gasteiger partial charge in [0.25, 0.3) is 0 Å². The number of halogens is 1. The Morgan fingerprint density at radius 3 is 2.42 bits per heavy atom. The highest BCUT2D eigenvalue weighted by Crippen LogP contribution is 2.28. The van der Waals surface area contributed by atoms with Gasteiger partial charge in [0.05, 0.1) is 7.11 Å². The highest BCUT2D eigenvalue weighted by atomic mass is 19.1. The third-order valence-electron chi connectivity index (χ3n) is 3.82. The van der Waals surface area contributed by atoms with Crippen LogP contribution in [-0.2, 0) is 11.3 Å². The van der Waals surface area contributed by atoms with Crippen LogP contribution >= 0.6 is 0 Å². The number of carboxylic acids is 1. The second-order valence-corrected chi connectivity index (χ2v) is 5.25. The summed E-state index contributed by atoms with van der Waals surface area (Å²) in [6.07, 6.45) is 0. The van der Waals surface area contributed by atoms with E-state index in [0.29, 0.717) is 10.9 Å². The lowest BCUT2D eigenvalue weighted by molar-refractivity contribution is 0.0582. The smallest absolute Gasteiger partial charge is 0.353 e. The summed E-state index contributed by atoms with van der Waals surface area (Å²) in [5, 5.41) is 10.1. The van der Waals surface area contributed by atoms with Gasteiger partial charge in [0.2, 0.25) is 0 Å². The number of esters is 1. The third-order valence-corrected chi connectivity index (χ3v) is 3.82. The zero-order chi connectivity index (χ0) is 17.3. The van der Waals surface area contributed by atoms with E-state index in [1.807, 2.05) is 0 Å². The van der Waals surface area contributed by atoms with Crippen LogP contribution in [0.3, 0.4) is 0 Å². The molecule has 24 heavy (non-hydrogen) atoms. The van der Waals surface area contributed by atoms with Gasteiger partial charge in [0, 0.05) is 17.4 Å². The van der Waals surface area contributed by atoms with E-state index >= 15 is 0 Å². The van der Waals surface area contributed by atoms with Crippen LogP contribution in [0.4, 0.5) is 4.39 Å². The van der Waals surface area contributed by atoms with Crippen molar-refractivity contribution in [1.82, 2.24) is 4.57 Å². The fraction of sp³-hybridized carbons (Fsp3) is 0.111. The van der Waals surface area contributed by atoms with Gasteiger partial charge >= 0.3 is 11.9 Å². The molecule has 1 N–H and O–H groups in total. The molecule has 0 bridgehead atoms. The van der Waals surface area contributed by atoms with Crippen LogP contribution in [0.1, 0.15) is 26.4 Å². The first-order chi connectivity index (χ1) is 11.5. The Kier molecular flexibility index (Phi) is 4.04. The highest BCUT2D eigenvalue weighted by molar-refractivity contribution is 6.12. The average molecular weight is 327 g/mol. The largest absolute Gasteiger partial charge is 0.477 e. The fourth-order valence-corrected chi connectivity index (χ4v) is 2.77. The van der Waals surface area contributed by atoms with Crippen molar-refractivity contribution >= 4 is 22.8 Å². The lowest BCUT2D eigenvalue weighted by Crippen LogP contribution is -2.14. The zero-order valence-electron chi connectivity index (χ0n) is 12.8. The number of aromatic nitrogens is 1. The summed E-state index contributed by atoms with van der Waals surface area (Å²) in [5.41, 5.74) is 1.19. The lowest BCUT2D eigenvalue weighted by Gasteiger charge is -2.09. The average Bonchev–Trinajstić information content (AvgIpc) is 2.91. The minimum absolute atomic E-state index is 0.0164. The summed E-state index contributed by atoms with van der Waals surface area (Å²) < 4.78 is 19.4. The van der Waals surface area contributed by atoms with Crippen molar-refractivity contribution in [2.75, 3.05) is 7.11 Å². The Bertz CT molecular complexity index is 928. The lowest BCUT2D eigenvalue weighted by atomic mass is 10.1. The number of nitrogens with zero attached hydrogens (tertiary/aromatic N) is 1. The monoisotopic (exact) mass is 327 g/mol. The molecule has 0 spiro atoms. The summed E-state index contributed by atoms with van der Waals surface area (Å²) in [6.45, 7) is 0.194. The molecular formula is C18H14FNO4. The van der Waals surface area contributed by atoms with E-state index in [4.69, 9.17) is 4.74 Å². The van der Waals surface area contributed by atoms with Gasteiger partial charge in [-0.05, 0) is 23.8 Å². The SMILES string of the molecule is COC(=O)c1c(C(=O)O)n(Cc2ccc(F)cc2)c2ccccc12. The fourth-order valence-electron chi connectivity index (χ4n) is 2.77. The van der Waals surface area contributed by atoms with Crippen LogP contribution in [0.15, 0.2) is 48.5 Å². The predicted molar refractivity (Wildman–Crippen MR) is 85.7 cm³/mol. The zero-order valence-corrected chi connectivity index (χ0v) is 12.8. The van der Waals surface area contributed by atoms with E-state index in [-0.39, 0.29) is 23.6 Å². The number of fused-ring (bicyclic) bond motifs is 1. The van der Waals surface area contributed by atoms with Crippen molar-refractivity contribution < 1.29 is 23.8 Å². The van der Waals surface area contributed by atoms with Crippen molar-refractivity contribution in [2.45, 2.75) is 6.54 Å². The molecular weight excluding hydrogens is 313 g/mol. The van der Waals surface area contributed by atoms with E-state index in [1.54, 1.807) is 36.4 Å². The maximum Gasteiger partial charge on any atom is 0.353 e. The number of carbonyl (C=O) groups is 2. The van der Waals surface area contributed by atoms with Crippen molar-refractivity contribution in [3.05, 3.63) is 71.2 Å². The van der Waals surface area contributed by atoms with Crippen LogP contribution in [0.5, 0.6) is 0 Å². The molecule has 0 saturated heterocycles. The van der Waals surface area contributed by atoms with Crippen molar-refractivity contribution in [1.29, 1.82) is 0 Å². The van der Waals surface area contributed by atoms with Crippen LogP contribution in [0.2, 0.25) is 0 Å². The number of ether oxygens (including phenoxy) is 1. The van der Waals surface area contributed by atoms with Gasteiger partial charge in [0.1, 0.15) is 17.1 Å². The van der Waals surface area contributed by atoms with E-state index in [1.165, 1.54) is 23.8 Å². The van der Waals surface area contributed by atoms with Crippen molar-refractivity contribution in [3.8, 4) is 0 Å². The van der Waals surface area contributed by atoms with Gasteiger partial charge in [-0.15, -0.1) is 0 Å². The molecule has 0 atom stereocenters. The number of hydrogen-bond donors (Lipinski definition) is 1. The molecule has 0 amide bonds. The second-order valence-electron chi connectivity index (χ2n) is 5.25. The number of methoxy groups -OCH3 is 1. The minimum Gasteiger partial charge on any atom is -0.477 e. The quantitative estimate of drug-likeness (QED) is 0.747. The maximum atomic E-state index is 13.1. The summed E-state index contributed by atoms with van der Waals surface area (Å²) in [5.74, 6) is -2.31. The van der Waals surface area contributed by atoms with Gasteiger partial charge in [0.15, 0.2) is 0 Å². The van der Waals surface area contributed by atoms with Gasteiger partial charge < -0.3 is 14.4 Å². The van der Waals surface area contributed by atoms with Gasteiger partial charge in [-0.25, -0.2) is 14.0 Å². The standard InChI is InChI=1S/C18H14FNO4/c1-24-18(23)15-13-4-2-3-5-14(13)20(16(15)17(21)22)10-11-6-8-12(19)9-7-11/h2-9H,10H2,1H3,(H,21,22). The topological polar surface area (TPSA) is 68.5 Å². The van der Waals surface area contributed by atoms with E-state index < -0.39 is 11.9 Å². The number of benzene rings is 2. The van der Waals surface area contributed by atoms with Gasteiger partial charge in [-0.1, -0.05) is 30.3 Å². The van der Waals surface area contributed by atoms with Crippen LogP contribution < -0.4 is 0 Å². The van der Waals surface area contributed by atoms with E-state index in [2.05, 4.69) is 0 Å². The number of aromatic carboxylic acids is 1. The Hall–Kier alpha value is -3.15. The van der Waals surface area contributed by atoms with Gasteiger partial charge in [-0.2, -0.15) is 0 Å². The number of rotatable bonds is 4. The van der Waals surface area contributed by atoms with Crippen LogP contribution in [0.25, 0.3) is 10.9 Å². The first kappa shape index (κ1) is 15.7. The minimum atomic E-state index is -1.23. The Balaban J connectivity index is 2.25. The Labute approximate surface area is 136 Å². The van der Waals surface area contributed by atoms with Crippen molar-refractivity contribution in [3.63, 3.8) is 0 Å². The highest BCUT2D eigenvalue weighted by Gasteiger charge is 2.27. The van der Waals surface area contributed by atoms with Gasteiger partial charge in [-0.3, -0.25) is 0 Å². The van der Waals surface area contributed by atoms with Crippen molar-refractivity contribution in [2.24, 2.45) is 0 Å². The van der Waals surface area contributed by atoms with E-state index in [0.717, 1.165) is 5.56 Å². The maximum absolute atomic E-state index is 13.1.